The van der Waals surface area contributed by atoms with E-state index in [-0.39, 0.29) is 24.2 Å². The highest BCUT2D eigenvalue weighted by molar-refractivity contribution is 6.31. The Morgan fingerprint density at radius 3 is 2.40 bits per heavy atom. The van der Waals surface area contributed by atoms with Crippen molar-refractivity contribution in [3.05, 3.63) is 58.1 Å². The normalized spacial score (nSPS) is 19.8. The summed E-state index contributed by atoms with van der Waals surface area (Å²) in [5.41, 5.74) is 1.67. The molecule has 0 spiro atoms. The van der Waals surface area contributed by atoms with Crippen LogP contribution in [-0.4, -0.2) is 46.8 Å². The zero-order chi connectivity index (χ0) is 26.3. The number of pyridine rings is 1. The number of ether oxygens (including phenoxy) is 1. The molecule has 2 heterocycles. The quantitative estimate of drug-likeness (QED) is 0.582. The Labute approximate surface area is 198 Å². The van der Waals surface area contributed by atoms with Gasteiger partial charge in [-0.05, 0) is 36.2 Å². The highest BCUT2D eigenvalue weighted by Crippen LogP contribution is 2.43. The molecule has 1 saturated heterocycles. The highest BCUT2D eigenvalue weighted by Gasteiger charge is 2.52. The fraction of sp³-hybridized carbons (Fsp3) is 0.350. The molecule has 2 aromatic rings. The number of piperazine rings is 1. The van der Waals surface area contributed by atoms with E-state index in [2.05, 4.69) is 15.0 Å². The molecule has 1 aromatic heterocycles. The summed E-state index contributed by atoms with van der Waals surface area (Å²) in [5.74, 6) is -4.94. The first-order valence-corrected chi connectivity index (χ1v) is 10.1. The molecule has 7 nitrogen and oxygen atoms in total. The molecule has 1 aliphatic heterocycles. The van der Waals surface area contributed by atoms with E-state index in [9.17, 15) is 40.3 Å². The molecule has 1 aliphatic rings. The minimum atomic E-state index is -5.20. The maximum Gasteiger partial charge on any atom is 0.573 e. The van der Waals surface area contributed by atoms with Crippen molar-refractivity contribution in [3.8, 4) is 5.75 Å². The van der Waals surface area contributed by atoms with Crippen LogP contribution in [0.5, 0.6) is 5.75 Å². The van der Waals surface area contributed by atoms with Gasteiger partial charge in [0.25, 0.3) is 0 Å². The second-order valence-corrected chi connectivity index (χ2v) is 8.07. The summed E-state index contributed by atoms with van der Waals surface area (Å²) in [4.78, 5) is 29.4. The number of nitrogens with zero attached hydrogens (tertiary/aromatic N) is 2. The molecule has 3 rings (SSSR count). The lowest BCUT2D eigenvalue weighted by atomic mass is 9.73. The lowest BCUT2D eigenvalue weighted by Crippen LogP contribution is -2.68. The Kier molecular flexibility index (Phi) is 6.81. The number of alkyl halides is 6. The number of amides is 3. The Balaban J connectivity index is 2.24. The maximum atomic E-state index is 14.6. The fourth-order valence-corrected chi connectivity index (χ4v) is 4.29. The standard InChI is InChI=1S/C20H16ClF7N4O3/c1-18(16(33)30-4-5-32(18)17(29)34)14(10-6-11(21)15(31-8-10)19(23,24)25)9-2-3-13(12(22)7-9)35-20(26,27)28/h2-3,6-8,14H,4-5H2,1H3,(H2,29,34)(H,30,33)/t14-,18?/m0/s1. The molecule has 1 aromatic carbocycles. The van der Waals surface area contributed by atoms with Crippen molar-refractivity contribution in [2.75, 3.05) is 13.1 Å². The first kappa shape index (κ1) is 26.3. The van der Waals surface area contributed by atoms with Crippen molar-refractivity contribution in [3.63, 3.8) is 0 Å². The lowest BCUT2D eigenvalue weighted by Gasteiger charge is -2.47. The molecule has 2 atom stereocenters. The van der Waals surface area contributed by atoms with Gasteiger partial charge in [0.1, 0.15) is 5.54 Å². The summed E-state index contributed by atoms with van der Waals surface area (Å²) in [6.45, 7) is 1.09. The van der Waals surface area contributed by atoms with Crippen molar-refractivity contribution >= 4 is 23.5 Å². The van der Waals surface area contributed by atoms with Crippen molar-refractivity contribution < 1.29 is 45.1 Å². The summed E-state index contributed by atoms with van der Waals surface area (Å²) < 4.78 is 95.3. The number of urea groups is 1. The predicted octanol–water partition coefficient (Wildman–Crippen LogP) is 4.19. The zero-order valence-corrected chi connectivity index (χ0v) is 18.4. The molecule has 3 N–H and O–H groups in total. The average Bonchev–Trinajstić information content (AvgIpc) is 2.70. The molecular weight excluding hydrogens is 513 g/mol. The second kappa shape index (κ2) is 9.06. The molecule has 1 fully saturated rings. The summed E-state index contributed by atoms with van der Waals surface area (Å²) in [5, 5.41) is 1.64. The number of carbonyl (C=O) groups is 2. The third kappa shape index (κ3) is 5.21. The van der Waals surface area contributed by atoms with Crippen LogP contribution in [0.4, 0.5) is 35.5 Å². The Morgan fingerprint density at radius 2 is 1.89 bits per heavy atom. The van der Waals surface area contributed by atoms with Gasteiger partial charge in [-0.1, -0.05) is 17.7 Å². The van der Waals surface area contributed by atoms with Crippen LogP contribution < -0.4 is 15.8 Å². The molecule has 3 amide bonds. The van der Waals surface area contributed by atoms with E-state index in [1.807, 2.05) is 0 Å². The highest BCUT2D eigenvalue weighted by atomic mass is 35.5. The third-order valence-corrected chi connectivity index (χ3v) is 5.74. The number of benzene rings is 1. The van der Waals surface area contributed by atoms with Crippen molar-refractivity contribution in [1.82, 2.24) is 15.2 Å². The molecule has 35 heavy (non-hydrogen) atoms. The van der Waals surface area contributed by atoms with Crippen LogP contribution in [0.25, 0.3) is 0 Å². The minimum absolute atomic E-state index is 0.0111. The number of primary amides is 1. The first-order valence-electron chi connectivity index (χ1n) is 9.69. The van der Waals surface area contributed by atoms with Gasteiger partial charge in [-0.3, -0.25) is 9.78 Å². The molecule has 0 saturated carbocycles. The predicted molar refractivity (Wildman–Crippen MR) is 107 cm³/mol. The van der Waals surface area contributed by atoms with Crippen molar-refractivity contribution in [1.29, 1.82) is 0 Å². The van der Waals surface area contributed by atoms with Crippen LogP contribution in [0.15, 0.2) is 30.5 Å². The van der Waals surface area contributed by atoms with Crippen molar-refractivity contribution in [2.45, 2.75) is 30.9 Å². The van der Waals surface area contributed by atoms with Gasteiger partial charge in [-0.15, -0.1) is 13.2 Å². The number of halogens is 8. The van der Waals surface area contributed by atoms with E-state index in [0.717, 1.165) is 23.2 Å². The second-order valence-electron chi connectivity index (χ2n) is 7.66. The largest absolute Gasteiger partial charge is 0.573 e. The van der Waals surface area contributed by atoms with Crippen LogP contribution in [0.3, 0.4) is 0 Å². The molecular formula is C20H16ClF7N4O3. The van der Waals surface area contributed by atoms with Gasteiger partial charge in [-0.25, -0.2) is 9.18 Å². The molecule has 0 radical (unpaired) electrons. The Hall–Kier alpha value is -3.29. The van der Waals surface area contributed by atoms with Gasteiger partial charge in [0.05, 0.1) is 5.02 Å². The molecule has 15 heteroatoms. The first-order chi connectivity index (χ1) is 16.1. The van der Waals surface area contributed by atoms with E-state index < -0.39 is 58.2 Å². The molecule has 0 aliphatic carbocycles. The van der Waals surface area contributed by atoms with Crippen LogP contribution in [0, 0.1) is 5.82 Å². The molecule has 0 bridgehead atoms. The topological polar surface area (TPSA) is 97.6 Å². The van der Waals surface area contributed by atoms with Gasteiger partial charge in [-0.2, -0.15) is 13.2 Å². The number of carbonyl (C=O) groups excluding carboxylic acids is 2. The number of rotatable bonds is 4. The average molecular weight is 529 g/mol. The van der Waals surface area contributed by atoms with Gasteiger partial charge in [0.15, 0.2) is 17.3 Å². The maximum absolute atomic E-state index is 14.6. The van der Waals surface area contributed by atoms with Gasteiger partial charge in [0, 0.05) is 25.2 Å². The van der Waals surface area contributed by atoms with Crippen LogP contribution in [-0.2, 0) is 11.0 Å². The monoisotopic (exact) mass is 528 g/mol. The fourth-order valence-electron chi connectivity index (χ4n) is 4.01. The van der Waals surface area contributed by atoms with Crippen LogP contribution in [0.2, 0.25) is 5.02 Å². The molecule has 1 unspecified atom stereocenters. The molecule has 190 valence electrons. The van der Waals surface area contributed by atoms with E-state index in [1.54, 1.807) is 0 Å². The van der Waals surface area contributed by atoms with Gasteiger partial charge in [0.2, 0.25) is 5.91 Å². The Morgan fingerprint density at radius 1 is 1.23 bits per heavy atom. The van der Waals surface area contributed by atoms with Crippen LogP contribution >= 0.6 is 11.6 Å². The van der Waals surface area contributed by atoms with Gasteiger partial charge < -0.3 is 20.7 Å². The summed E-state index contributed by atoms with van der Waals surface area (Å²) in [7, 11) is 0. The number of nitrogens with one attached hydrogen (secondary N) is 1. The summed E-state index contributed by atoms with van der Waals surface area (Å²) in [6.07, 6.45) is -9.40. The SMILES string of the molecule is CC1([C@@H](c2ccc(OC(F)(F)F)c(F)c2)c2cnc(C(F)(F)F)c(Cl)c2)C(=O)NCCN1C(N)=O. The summed E-state index contributed by atoms with van der Waals surface area (Å²) >= 11 is 5.79. The van der Waals surface area contributed by atoms with E-state index in [0.29, 0.717) is 12.1 Å². The Bertz CT molecular complexity index is 1160. The number of hydrogen-bond acceptors (Lipinski definition) is 4. The lowest BCUT2D eigenvalue weighted by molar-refractivity contribution is -0.275. The summed E-state index contributed by atoms with van der Waals surface area (Å²) in [6, 6.07) is 1.95. The minimum Gasteiger partial charge on any atom is -0.403 e. The van der Waals surface area contributed by atoms with E-state index in [4.69, 9.17) is 17.3 Å². The number of aromatic nitrogens is 1. The van der Waals surface area contributed by atoms with Gasteiger partial charge >= 0.3 is 18.6 Å². The number of hydrogen-bond donors (Lipinski definition) is 2. The van der Waals surface area contributed by atoms with E-state index in [1.165, 1.54) is 6.92 Å². The van der Waals surface area contributed by atoms with E-state index >= 15 is 0 Å². The van der Waals surface area contributed by atoms with Crippen LogP contribution in [0.1, 0.15) is 29.7 Å². The zero-order valence-electron chi connectivity index (χ0n) is 17.6. The van der Waals surface area contributed by atoms with Crippen molar-refractivity contribution in [2.24, 2.45) is 5.73 Å². The number of nitrogens with two attached hydrogens (primary N) is 1. The third-order valence-electron chi connectivity index (χ3n) is 5.45. The smallest absolute Gasteiger partial charge is 0.403 e.